The van der Waals surface area contributed by atoms with Crippen molar-refractivity contribution in [3.63, 3.8) is 0 Å². The Balaban J connectivity index is 2.69. The van der Waals surface area contributed by atoms with Crippen LogP contribution in [0, 0.1) is 5.82 Å². The van der Waals surface area contributed by atoms with Crippen LogP contribution in [0.2, 0.25) is 5.02 Å². The highest BCUT2D eigenvalue weighted by molar-refractivity contribution is 6.30. The lowest BCUT2D eigenvalue weighted by Crippen LogP contribution is -2.30. The zero-order valence-electron chi connectivity index (χ0n) is 9.53. The predicted octanol–water partition coefficient (Wildman–Crippen LogP) is 2.00. The third-order valence-electron chi connectivity index (χ3n) is 2.49. The SMILES string of the molecule is O=CNC(CCC(=O)O)Cc1ccc(Cl)cc1F. The number of hydrogen-bond donors (Lipinski definition) is 2. The Morgan fingerprint density at radius 2 is 2.28 bits per heavy atom. The van der Waals surface area contributed by atoms with Gasteiger partial charge in [0.1, 0.15) is 5.82 Å². The number of carboxylic acids is 1. The number of rotatable bonds is 7. The molecule has 0 radical (unpaired) electrons. The second kappa shape index (κ2) is 6.96. The lowest BCUT2D eigenvalue weighted by Gasteiger charge is -2.15. The summed E-state index contributed by atoms with van der Waals surface area (Å²) in [5.74, 6) is -1.42. The van der Waals surface area contributed by atoms with Crippen LogP contribution < -0.4 is 5.32 Å². The van der Waals surface area contributed by atoms with Crippen LogP contribution in [0.3, 0.4) is 0 Å². The summed E-state index contributed by atoms with van der Waals surface area (Å²) in [5, 5.41) is 11.4. The van der Waals surface area contributed by atoms with Crippen LogP contribution in [0.25, 0.3) is 0 Å². The molecule has 18 heavy (non-hydrogen) atoms. The molecule has 0 aliphatic carbocycles. The predicted molar refractivity (Wildman–Crippen MR) is 65.0 cm³/mol. The molecule has 0 saturated heterocycles. The largest absolute Gasteiger partial charge is 0.481 e. The van der Waals surface area contributed by atoms with Crippen molar-refractivity contribution >= 4 is 24.0 Å². The molecule has 98 valence electrons. The third kappa shape index (κ3) is 4.71. The Labute approximate surface area is 109 Å². The molecule has 4 nitrogen and oxygen atoms in total. The van der Waals surface area contributed by atoms with E-state index in [2.05, 4.69) is 5.32 Å². The van der Waals surface area contributed by atoms with Crippen LogP contribution in [-0.2, 0) is 16.0 Å². The van der Waals surface area contributed by atoms with E-state index in [1.54, 1.807) is 6.07 Å². The van der Waals surface area contributed by atoms with Crippen LogP contribution >= 0.6 is 11.6 Å². The van der Waals surface area contributed by atoms with E-state index in [0.29, 0.717) is 17.0 Å². The summed E-state index contributed by atoms with van der Waals surface area (Å²) in [6.45, 7) is 0. The highest BCUT2D eigenvalue weighted by atomic mass is 35.5. The molecule has 0 aliphatic heterocycles. The van der Waals surface area contributed by atoms with Crippen LogP contribution in [0.15, 0.2) is 18.2 Å². The van der Waals surface area contributed by atoms with Gasteiger partial charge in [0.05, 0.1) is 0 Å². The first kappa shape index (κ1) is 14.4. The van der Waals surface area contributed by atoms with Crippen LogP contribution in [0.1, 0.15) is 18.4 Å². The van der Waals surface area contributed by atoms with Gasteiger partial charge in [0.15, 0.2) is 0 Å². The quantitative estimate of drug-likeness (QED) is 0.747. The van der Waals surface area contributed by atoms with E-state index in [1.807, 2.05) is 0 Å². The number of carbonyl (C=O) groups excluding carboxylic acids is 1. The van der Waals surface area contributed by atoms with Gasteiger partial charge in [-0.05, 0) is 30.5 Å². The zero-order valence-corrected chi connectivity index (χ0v) is 10.3. The Kier molecular flexibility index (Phi) is 5.58. The first-order chi connectivity index (χ1) is 8.52. The fourth-order valence-corrected chi connectivity index (χ4v) is 1.75. The van der Waals surface area contributed by atoms with Gasteiger partial charge in [-0.15, -0.1) is 0 Å². The van der Waals surface area contributed by atoms with Gasteiger partial charge in [0.25, 0.3) is 0 Å². The van der Waals surface area contributed by atoms with E-state index in [-0.39, 0.29) is 19.3 Å². The summed E-state index contributed by atoms with van der Waals surface area (Å²) in [6, 6.07) is 3.85. The van der Waals surface area contributed by atoms with Gasteiger partial charge in [0.2, 0.25) is 6.41 Å². The van der Waals surface area contributed by atoms with Crippen LogP contribution in [-0.4, -0.2) is 23.5 Å². The molecule has 0 saturated carbocycles. The molecular weight excluding hydrogens is 261 g/mol. The van der Waals surface area contributed by atoms with Crippen LogP contribution in [0.4, 0.5) is 4.39 Å². The van der Waals surface area contributed by atoms with Crippen molar-refractivity contribution in [2.24, 2.45) is 0 Å². The highest BCUT2D eigenvalue weighted by Crippen LogP contribution is 2.17. The van der Waals surface area contributed by atoms with Gasteiger partial charge in [-0.25, -0.2) is 4.39 Å². The molecule has 0 bridgehead atoms. The molecule has 0 aliphatic rings. The molecule has 1 aromatic rings. The van der Waals surface area contributed by atoms with Gasteiger partial charge in [-0.2, -0.15) is 0 Å². The second-order valence-corrected chi connectivity index (χ2v) is 4.29. The fraction of sp³-hybridized carbons (Fsp3) is 0.333. The molecule has 0 fully saturated rings. The Hall–Kier alpha value is -1.62. The third-order valence-corrected chi connectivity index (χ3v) is 2.73. The van der Waals surface area contributed by atoms with Crippen molar-refractivity contribution in [3.05, 3.63) is 34.6 Å². The van der Waals surface area contributed by atoms with E-state index in [0.717, 1.165) is 0 Å². The molecule has 1 amide bonds. The maximum Gasteiger partial charge on any atom is 0.303 e. The topological polar surface area (TPSA) is 66.4 Å². The highest BCUT2D eigenvalue weighted by Gasteiger charge is 2.13. The molecule has 2 N–H and O–H groups in total. The van der Waals surface area contributed by atoms with E-state index in [9.17, 15) is 14.0 Å². The Bertz CT molecular complexity index is 439. The monoisotopic (exact) mass is 273 g/mol. The number of carboxylic acid groups (broad SMARTS) is 1. The number of halogens is 2. The summed E-state index contributed by atoms with van der Waals surface area (Å²) in [6.07, 6.45) is 0.881. The molecule has 6 heteroatoms. The lowest BCUT2D eigenvalue weighted by molar-refractivity contribution is -0.137. The van der Waals surface area contributed by atoms with Gasteiger partial charge in [-0.1, -0.05) is 17.7 Å². The number of aliphatic carboxylic acids is 1. The molecule has 0 heterocycles. The number of nitrogens with one attached hydrogen (secondary N) is 1. The smallest absolute Gasteiger partial charge is 0.303 e. The molecule has 1 atom stereocenters. The standard InChI is InChI=1S/C12H13ClFNO3/c13-9-2-1-8(11(14)6-9)5-10(15-7-16)3-4-12(17)18/h1-2,6-7,10H,3-5H2,(H,15,16)(H,17,18). The maximum absolute atomic E-state index is 13.5. The number of benzene rings is 1. The molecule has 1 unspecified atom stereocenters. The van der Waals surface area contributed by atoms with Gasteiger partial charge < -0.3 is 10.4 Å². The van der Waals surface area contributed by atoms with E-state index < -0.39 is 17.8 Å². The molecular formula is C12H13ClFNO3. The van der Waals surface area contributed by atoms with Crippen molar-refractivity contribution in [2.45, 2.75) is 25.3 Å². The molecule has 1 aromatic carbocycles. The first-order valence-corrected chi connectivity index (χ1v) is 5.76. The Morgan fingerprint density at radius 1 is 1.56 bits per heavy atom. The maximum atomic E-state index is 13.5. The average molecular weight is 274 g/mol. The van der Waals surface area contributed by atoms with Gasteiger partial charge in [-0.3, -0.25) is 9.59 Å². The Morgan fingerprint density at radius 3 is 2.83 bits per heavy atom. The average Bonchev–Trinajstić information content (AvgIpc) is 2.29. The summed E-state index contributed by atoms with van der Waals surface area (Å²) in [7, 11) is 0. The van der Waals surface area contributed by atoms with Crippen molar-refractivity contribution in [1.82, 2.24) is 5.32 Å². The summed E-state index contributed by atoms with van der Waals surface area (Å²) in [4.78, 5) is 20.9. The van der Waals surface area contributed by atoms with Gasteiger partial charge >= 0.3 is 5.97 Å². The molecule has 0 aromatic heterocycles. The minimum atomic E-state index is -0.954. The number of amides is 1. The first-order valence-electron chi connectivity index (χ1n) is 5.38. The lowest BCUT2D eigenvalue weighted by atomic mass is 10.0. The fourth-order valence-electron chi connectivity index (χ4n) is 1.59. The second-order valence-electron chi connectivity index (χ2n) is 3.85. The normalized spacial score (nSPS) is 11.9. The van der Waals surface area contributed by atoms with E-state index in [1.165, 1.54) is 12.1 Å². The summed E-state index contributed by atoms with van der Waals surface area (Å²) >= 11 is 5.63. The summed E-state index contributed by atoms with van der Waals surface area (Å²) in [5.41, 5.74) is 0.393. The molecule has 0 spiro atoms. The van der Waals surface area contributed by atoms with E-state index in [4.69, 9.17) is 16.7 Å². The number of carbonyl (C=O) groups is 2. The number of hydrogen-bond acceptors (Lipinski definition) is 2. The van der Waals surface area contributed by atoms with Crippen molar-refractivity contribution < 1.29 is 19.1 Å². The zero-order chi connectivity index (χ0) is 13.5. The minimum absolute atomic E-state index is 0.0826. The van der Waals surface area contributed by atoms with E-state index >= 15 is 0 Å². The van der Waals surface area contributed by atoms with Crippen molar-refractivity contribution in [3.8, 4) is 0 Å². The van der Waals surface area contributed by atoms with Crippen LogP contribution in [0.5, 0.6) is 0 Å². The summed E-state index contributed by atoms with van der Waals surface area (Å²) < 4.78 is 13.5. The van der Waals surface area contributed by atoms with Gasteiger partial charge in [0, 0.05) is 17.5 Å². The van der Waals surface area contributed by atoms with Crippen molar-refractivity contribution in [2.75, 3.05) is 0 Å². The minimum Gasteiger partial charge on any atom is -0.481 e. The van der Waals surface area contributed by atoms with Crippen molar-refractivity contribution in [1.29, 1.82) is 0 Å². The molecule has 1 rings (SSSR count).